The SMILES string of the molecule is Cc1nc(CO)c2nc(C3CCC(C)(C)CC3)sc2n1. The van der Waals surface area contributed by atoms with Crippen molar-refractivity contribution in [1.82, 2.24) is 15.0 Å². The molecule has 0 saturated heterocycles. The monoisotopic (exact) mass is 291 g/mol. The first-order valence-corrected chi connectivity index (χ1v) is 8.05. The van der Waals surface area contributed by atoms with E-state index >= 15 is 0 Å². The van der Waals surface area contributed by atoms with E-state index in [1.54, 1.807) is 11.3 Å². The fraction of sp³-hybridized carbons (Fsp3) is 0.667. The number of rotatable bonds is 2. The average Bonchev–Trinajstić information content (AvgIpc) is 2.81. The maximum atomic E-state index is 9.42. The van der Waals surface area contributed by atoms with Crippen molar-refractivity contribution in [2.45, 2.75) is 59.0 Å². The number of nitrogens with zero attached hydrogens (tertiary/aromatic N) is 3. The summed E-state index contributed by atoms with van der Waals surface area (Å²) in [5.41, 5.74) is 1.92. The minimum Gasteiger partial charge on any atom is -0.390 e. The summed E-state index contributed by atoms with van der Waals surface area (Å²) in [5.74, 6) is 1.26. The predicted octanol–water partition coefficient (Wildman–Crippen LogP) is 3.57. The zero-order valence-electron chi connectivity index (χ0n) is 12.3. The summed E-state index contributed by atoms with van der Waals surface area (Å²) in [6, 6.07) is 0. The molecule has 0 aromatic carbocycles. The summed E-state index contributed by atoms with van der Waals surface area (Å²) in [6.07, 6.45) is 4.91. The Bertz CT molecular complexity index is 625. The quantitative estimate of drug-likeness (QED) is 0.919. The Morgan fingerprint density at radius 3 is 2.55 bits per heavy atom. The summed E-state index contributed by atoms with van der Waals surface area (Å²) in [5, 5.41) is 10.6. The van der Waals surface area contributed by atoms with Crippen molar-refractivity contribution in [1.29, 1.82) is 0 Å². The van der Waals surface area contributed by atoms with Crippen molar-refractivity contribution in [3.8, 4) is 0 Å². The van der Waals surface area contributed by atoms with Gasteiger partial charge in [0.15, 0.2) is 0 Å². The van der Waals surface area contributed by atoms with Gasteiger partial charge in [-0.1, -0.05) is 25.2 Å². The molecule has 1 fully saturated rings. The molecule has 2 aromatic heterocycles. The molecule has 0 aliphatic heterocycles. The molecule has 3 rings (SSSR count). The molecule has 0 atom stereocenters. The van der Waals surface area contributed by atoms with Gasteiger partial charge in [-0.05, 0) is 38.0 Å². The average molecular weight is 291 g/mol. The van der Waals surface area contributed by atoms with E-state index < -0.39 is 0 Å². The number of aromatic nitrogens is 3. The van der Waals surface area contributed by atoms with Gasteiger partial charge >= 0.3 is 0 Å². The highest BCUT2D eigenvalue weighted by Crippen LogP contribution is 2.43. The van der Waals surface area contributed by atoms with E-state index in [2.05, 4.69) is 23.8 Å². The first-order valence-electron chi connectivity index (χ1n) is 7.23. The molecule has 2 aromatic rings. The van der Waals surface area contributed by atoms with Crippen LogP contribution in [0.15, 0.2) is 0 Å². The van der Waals surface area contributed by atoms with Crippen LogP contribution in [-0.2, 0) is 6.61 Å². The van der Waals surface area contributed by atoms with Crippen molar-refractivity contribution in [2.75, 3.05) is 0 Å². The molecule has 5 heteroatoms. The Morgan fingerprint density at radius 2 is 1.90 bits per heavy atom. The van der Waals surface area contributed by atoms with E-state index in [-0.39, 0.29) is 6.61 Å². The Hall–Kier alpha value is -1.07. The zero-order chi connectivity index (χ0) is 14.3. The molecule has 0 bridgehead atoms. The molecular weight excluding hydrogens is 270 g/mol. The number of fused-ring (bicyclic) bond motifs is 1. The second-order valence-corrected chi connectivity index (χ2v) is 7.53. The molecule has 0 amide bonds. The largest absolute Gasteiger partial charge is 0.390 e. The minimum absolute atomic E-state index is 0.0687. The molecule has 1 aliphatic carbocycles. The first kappa shape index (κ1) is 13.9. The number of aliphatic hydroxyl groups is 1. The van der Waals surface area contributed by atoms with Crippen molar-refractivity contribution in [3.05, 3.63) is 16.5 Å². The summed E-state index contributed by atoms with van der Waals surface area (Å²) >= 11 is 1.67. The maximum absolute atomic E-state index is 9.42. The van der Waals surface area contributed by atoms with Gasteiger partial charge in [0.05, 0.1) is 17.3 Å². The number of aliphatic hydroxyl groups excluding tert-OH is 1. The number of hydrogen-bond acceptors (Lipinski definition) is 5. The lowest BCUT2D eigenvalue weighted by molar-refractivity contribution is 0.224. The summed E-state index contributed by atoms with van der Waals surface area (Å²) < 4.78 is 0. The van der Waals surface area contributed by atoms with Crippen LogP contribution in [0.2, 0.25) is 0 Å². The number of thiazole rings is 1. The molecule has 1 N–H and O–H groups in total. The Balaban J connectivity index is 1.94. The third-order valence-electron chi connectivity index (χ3n) is 4.30. The Kier molecular flexibility index (Phi) is 3.50. The number of hydrogen-bond donors (Lipinski definition) is 1. The van der Waals surface area contributed by atoms with Gasteiger partial charge in [-0.2, -0.15) is 0 Å². The van der Waals surface area contributed by atoms with Crippen LogP contribution >= 0.6 is 11.3 Å². The summed E-state index contributed by atoms with van der Waals surface area (Å²) in [6.45, 7) is 6.49. The third-order valence-corrected chi connectivity index (χ3v) is 5.41. The van der Waals surface area contributed by atoms with Gasteiger partial charge in [-0.25, -0.2) is 15.0 Å². The van der Waals surface area contributed by atoms with Gasteiger partial charge < -0.3 is 5.11 Å². The van der Waals surface area contributed by atoms with Crippen LogP contribution in [-0.4, -0.2) is 20.1 Å². The third kappa shape index (κ3) is 2.56. The van der Waals surface area contributed by atoms with E-state index in [4.69, 9.17) is 4.98 Å². The van der Waals surface area contributed by atoms with Crippen molar-refractivity contribution in [3.63, 3.8) is 0 Å². The maximum Gasteiger partial charge on any atom is 0.147 e. The van der Waals surface area contributed by atoms with E-state index in [1.165, 1.54) is 30.7 Å². The highest BCUT2D eigenvalue weighted by molar-refractivity contribution is 7.18. The smallest absolute Gasteiger partial charge is 0.147 e. The van der Waals surface area contributed by atoms with Crippen molar-refractivity contribution in [2.24, 2.45) is 5.41 Å². The summed E-state index contributed by atoms with van der Waals surface area (Å²) in [4.78, 5) is 14.4. The highest BCUT2D eigenvalue weighted by Gasteiger charge is 2.29. The molecule has 20 heavy (non-hydrogen) atoms. The van der Waals surface area contributed by atoms with Crippen LogP contribution in [0, 0.1) is 12.3 Å². The van der Waals surface area contributed by atoms with Crippen LogP contribution in [0.1, 0.15) is 62.0 Å². The molecule has 4 nitrogen and oxygen atoms in total. The lowest BCUT2D eigenvalue weighted by atomic mass is 9.73. The van der Waals surface area contributed by atoms with Crippen LogP contribution < -0.4 is 0 Å². The van der Waals surface area contributed by atoms with Gasteiger partial charge in [0, 0.05) is 5.92 Å². The Labute approximate surface area is 123 Å². The van der Waals surface area contributed by atoms with Crippen LogP contribution in [0.4, 0.5) is 0 Å². The van der Waals surface area contributed by atoms with Gasteiger partial charge in [-0.15, -0.1) is 0 Å². The lowest BCUT2D eigenvalue weighted by Gasteiger charge is -2.33. The topological polar surface area (TPSA) is 58.9 Å². The fourth-order valence-corrected chi connectivity index (χ4v) is 4.12. The van der Waals surface area contributed by atoms with Crippen molar-refractivity contribution >= 4 is 21.7 Å². The van der Waals surface area contributed by atoms with Gasteiger partial charge in [0.2, 0.25) is 0 Å². The van der Waals surface area contributed by atoms with E-state index in [1.807, 2.05) is 6.92 Å². The Morgan fingerprint density at radius 1 is 1.20 bits per heavy atom. The van der Waals surface area contributed by atoms with E-state index in [0.717, 1.165) is 10.3 Å². The van der Waals surface area contributed by atoms with Crippen molar-refractivity contribution < 1.29 is 5.11 Å². The molecule has 0 radical (unpaired) electrons. The van der Waals surface area contributed by atoms with Gasteiger partial charge in [0.1, 0.15) is 16.2 Å². The van der Waals surface area contributed by atoms with Crippen LogP contribution in [0.5, 0.6) is 0 Å². The van der Waals surface area contributed by atoms with Crippen LogP contribution in [0.3, 0.4) is 0 Å². The standard InChI is InChI=1S/C15H21N3OS/c1-9-16-11(8-19)12-14(17-9)20-13(18-12)10-4-6-15(2,3)7-5-10/h10,19H,4-8H2,1-3H3. The fourth-order valence-electron chi connectivity index (χ4n) is 2.94. The summed E-state index contributed by atoms with van der Waals surface area (Å²) in [7, 11) is 0. The molecule has 1 saturated carbocycles. The lowest BCUT2D eigenvalue weighted by Crippen LogP contribution is -2.20. The molecule has 108 valence electrons. The molecule has 1 aliphatic rings. The molecule has 0 unspecified atom stereocenters. The molecule has 0 spiro atoms. The zero-order valence-corrected chi connectivity index (χ0v) is 13.1. The minimum atomic E-state index is -0.0687. The first-order chi connectivity index (χ1) is 9.48. The van der Waals surface area contributed by atoms with E-state index in [0.29, 0.717) is 22.9 Å². The second kappa shape index (κ2) is 5.04. The molecule has 2 heterocycles. The molecular formula is C15H21N3OS. The predicted molar refractivity (Wildman–Crippen MR) is 80.9 cm³/mol. The van der Waals surface area contributed by atoms with Gasteiger partial charge in [0.25, 0.3) is 0 Å². The van der Waals surface area contributed by atoms with Crippen LogP contribution in [0.25, 0.3) is 10.3 Å². The normalized spacial score (nSPS) is 19.6. The van der Waals surface area contributed by atoms with Gasteiger partial charge in [-0.3, -0.25) is 0 Å². The van der Waals surface area contributed by atoms with E-state index in [9.17, 15) is 5.11 Å². The highest BCUT2D eigenvalue weighted by atomic mass is 32.1. The number of aryl methyl sites for hydroxylation is 1. The second-order valence-electron chi connectivity index (χ2n) is 6.52.